The van der Waals surface area contributed by atoms with E-state index in [4.69, 9.17) is 4.98 Å². The SMILES string of the molecule is CCC(CC)C(=O)NCc1nc2c(n1-c1ccccc1)CCCC2. The van der Waals surface area contributed by atoms with Gasteiger partial charge in [-0.3, -0.25) is 9.36 Å². The number of nitrogens with one attached hydrogen (secondary N) is 1. The maximum Gasteiger partial charge on any atom is 0.223 e. The zero-order valence-electron chi connectivity index (χ0n) is 14.7. The highest BCUT2D eigenvalue weighted by atomic mass is 16.1. The van der Waals surface area contributed by atoms with Crippen LogP contribution in [0.25, 0.3) is 5.69 Å². The molecule has 4 nitrogen and oxygen atoms in total. The molecule has 0 spiro atoms. The van der Waals surface area contributed by atoms with Crippen LogP contribution in [0.2, 0.25) is 0 Å². The van der Waals surface area contributed by atoms with E-state index in [9.17, 15) is 4.79 Å². The first kappa shape index (κ1) is 16.7. The van der Waals surface area contributed by atoms with Gasteiger partial charge in [-0.25, -0.2) is 4.98 Å². The molecule has 2 aromatic rings. The summed E-state index contributed by atoms with van der Waals surface area (Å²) in [4.78, 5) is 17.2. The first-order valence-corrected chi connectivity index (χ1v) is 9.17. The van der Waals surface area contributed by atoms with Gasteiger partial charge in [-0.1, -0.05) is 32.0 Å². The minimum absolute atomic E-state index is 0.0970. The molecule has 1 heterocycles. The lowest BCUT2D eigenvalue weighted by molar-refractivity contribution is -0.125. The minimum Gasteiger partial charge on any atom is -0.349 e. The molecule has 0 saturated carbocycles. The maximum absolute atomic E-state index is 12.3. The van der Waals surface area contributed by atoms with Crippen LogP contribution in [0.1, 0.15) is 56.7 Å². The van der Waals surface area contributed by atoms with Crippen molar-refractivity contribution in [2.45, 2.75) is 58.9 Å². The van der Waals surface area contributed by atoms with E-state index in [0.29, 0.717) is 6.54 Å². The predicted octanol–water partition coefficient (Wildman–Crippen LogP) is 3.80. The molecule has 1 aromatic carbocycles. The van der Waals surface area contributed by atoms with Gasteiger partial charge in [0.2, 0.25) is 5.91 Å². The van der Waals surface area contributed by atoms with Crippen LogP contribution in [-0.4, -0.2) is 15.5 Å². The van der Waals surface area contributed by atoms with Crippen molar-refractivity contribution >= 4 is 5.91 Å². The Morgan fingerprint density at radius 1 is 1.17 bits per heavy atom. The number of fused-ring (bicyclic) bond motifs is 1. The Bertz CT molecular complexity index is 686. The van der Waals surface area contributed by atoms with Crippen LogP contribution in [0, 0.1) is 5.92 Å². The molecular formula is C20H27N3O. The third-order valence-corrected chi connectivity index (χ3v) is 4.99. The molecule has 128 valence electrons. The van der Waals surface area contributed by atoms with E-state index < -0.39 is 0 Å². The van der Waals surface area contributed by atoms with Gasteiger partial charge in [0.1, 0.15) is 5.82 Å². The number of amides is 1. The van der Waals surface area contributed by atoms with E-state index >= 15 is 0 Å². The lowest BCUT2D eigenvalue weighted by Crippen LogP contribution is -2.30. The molecule has 1 N–H and O–H groups in total. The number of hydrogen-bond acceptors (Lipinski definition) is 2. The van der Waals surface area contributed by atoms with Crippen LogP contribution in [-0.2, 0) is 24.2 Å². The Morgan fingerprint density at radius 2 is 1.88 bits per heavy atom. The van der Waals surface area contributed by atoms with Crippen molar-refractivity contribution in [2.24, 2.45) is 5.92 Å². The van der Waals surface area contributed by atoms with Crippen LogP contribution in [0.5, 0.6) is 0 Å². The number of carbonyl (C=O) groups excluding carboxylic acids is 1. The normalized spacial score (nSPS) is 13.8. The molecule has 0 atom stereocenters. The van der Waals surface area contributed by atoms with E-state index in [2.05, 4.69) is 48.0 Å². The Morgan fingerprint density at radius 3 is 2.58 bits per heavy atom. The van der Waals surface area contributed by atoms with Crippen LogP contribution in [0.4, 0.5) is 0 Å². The van der Waals surface area contributed by atoms with Crippen LogP contribution < -0.4 is 5.32 Å². The Hall–Kier alpha value is -2.10. The van der Waals surface area contributed by atoms with Crippen LogP contribution in [0.3, 0.4) is 0 Å². The fraction of sp³-hybridized carbons (Fsp3) is 0.500. The van der Waals surface area contributed by atoms with Gasteiger partial charge in [0.25, 0.3) is 0 Å². The summed E-state index contributed by atoms with van der Waals surface area (Å²) in [6.45, 7) is 4.63. The molecule has 3 rings (SSSR count). The summed E-state index contributed by atoms with van der Waals surface area (Å²) >= 11 is 0. The topological polar surface area (TPSA) is 46.9 Å². The third-order valence-electron chi connectivity index (χ3n) is 4.99. The first-order chi connectivity index (χ1) is 11.7. The van der Waals surface area contributed by atoms with E-state index in [1.165, 1.54) is 24.2 Å². The maximum atomic E-state index is 12.3. The van der Waals surface area contributed by atoms with Crippen molar-refractivity contribution in [3.05, 3.63) is 47.5 Å². The predicted molar refractivity (Wildman–Crippen MR) is 96.1 cm³/mol. The number of rotatable bonds is 6. The minimum atomic E-state index is 0.0970. The molecule has 24 heavy (non-hydrogen) atoms. The second-order valence-corrected chi connectivity index (χ2v) is 6.53. The zero-order chi connectivity index (χ0) is 16.9. The summed E-state index contributed by atoms with van der Waals surface area (Å²) in [6.07, 6.45) is 6.29. The molecule has 1 aliphatic carbocycles. The van der Waals surface area contributed by atoms with Gasteiger partial charge in [-0.15, -0.1) is 0 Å². The van der Waals surface area contributed by atoms with Crippen molar-refractivity contribution < 1.29 is 4.79 Å². The summed E-state index contributed by atoms with van der Waals surface area (Å²) in [6, 6.07) is 10.4. The zero-order valence-corrected chi connectivity index (χ0v) is 14.7. The molecule has 1 aliphatic rings. The lowest BCUT2D eigenvalue weighted by atomic mass is 10.0. The second-order valence-electron chi connectivity index (χ2n) is 6.53. The standard InChI is InChI=1S/C20H27N3O/c1-3-15(4-2)20(24)21-14-19-22-17-12-8-9-13-18(17)23(19)16-10-6-5-7-11-16/h5-7,10-11,15H,3-4,8-9,12-14H2,1-2H3,(H,21,24). The number of aryl methyl sites for hydroxylation is 1. The van der Waals surface area contributed by atoms with E-state index in [1.54, 1.807) is 0 Å². The first-order valence-electron chi connectivity index (χ1n) is 9.17. The Balaban J connectivity index is 1.87. The van der Waals surface area contributed by atoms with Crippen LogP contribution in [0.15, 0.2) is 30.3 Å². The van der Waals surface area contributed by atoms with E-state index in [0.717, 1.165) is 37.2 Å². The molecule has 0 radical (unpaired) electrons. The largest absolute Gasteiger partial charge is 0.349 e. The summed E-state index contributed by atoms with van der Waals surface area (Å²) in [5.74, 6) is 1.19. The summed E-state index contributed by atoms with van der Waals surface area (Å²) in [5.41, 5.74) is 3.66. The Labute approximate surface area is 144 Å². The molecule has 0 fully saturated rings. The summed E-state index contributed by atoms with van der Waals surface area (Å²) < 4.78 is 2.25. The molecule has 0 saturated heterocycles. The van der Waals surface area contributed by atoms with Gasteiger partial charge in [0.15, 0.2) is 0 Å². The molecule has 1 amide bonds. The molecule has 0 unspecified atom stereocenters. The highest BCUT2D eigenvalue weighted by Gasteiger charge is 2.22. The Kier molecular flexibility index (Phi) is 5.34. The van der Waals surface area contributed by atoms with E-state index in [-0.39, 0.29) is 11.8 Å². The summed E-state index contributed by atoms with van der Waals surface area (Å²) in [7, 11) is 0. The number of nitrogens with zero attached hydrogens (tertiary/aromatic N) is 2. The third kappa shape index (κ3) is 3.37. The van der Waals surface area contributed by atoms with Crippen molar-refractivity contribution in [2.75, 3.05) is 0 Å². The highest BCUT2D eigenvalue weighted by Crippen LogP contribution is 2.25. The number of aromatic nitrogens is 2. The average Bonchev–Trinajstić information content (AvgIpc) is 3.00. The molecule has 1 aromatic heterocycles. The summed E-state index contributed by atoms with van der Waals surface area (Å²) in [5, 5.41) is 3.10. The molecule has 4 heteroatoms. The van der Waals surface area contributed by atoms with Gasteiger partial charge in [0, 0.05) is 17.3 Å². The van der Waals surface area contributed by atoms with Gasteiger partial charge in [0.05, 0.1) is 12.2 Å². The second kappa shape index (κ2) is 7.65. The van der Waals surface area contributed by atoms with E-state index in [1.807, 2.05) is 6.07 Å². The van der Waals surface area contributed by atoms with Crippen molar-refractivity contribution in [1.82, 2.24) is 14.9 Å². The van der Waals surface area contributed by atoms with Gasteiger partial charge in [-0.05, 0) is 50.7 Å². The smallest absolute Gasteiger partial charge is 0.223 e. The van der Waals surface area contributed by atoms with Crippen molar-refractivity contribution in [3.63, 3.8) is 0 Å². The quantitative estimate of drug-likeness (QED) is 0.878. The molecule has 0 aliphatic heterocycles. The number of benzene rings is 1. The fourth-order valence-electron chi connectivity index (χ4n) is 3.57. The van der Waals surface area contributed by atoms with Gasteiger partial charge in [-0.2, -0.15) is 0 Å². The number of imidazole rings is 1. The molecular weight excluding hydrogens is 298 g/mol. The number of hydrogen-bond donors (Lipinski definition) is 1. The van der Waals surface area contributed by atoms with Crippen molar-refractivity contribution in [1.29, 1.82) is 0 Å². The monoisotopic (exact) mass is 325 g/mol. The highest BCUT2D eigenvalue weighted by molar-refractivity contribution is 5.78. The fourth-order valence-corrected chi connectivity index (χ4v) is 3.57. The lowest BCUT2D eigenvalue weighted by Gasteiger charge is -2.16. The van der Waals surface area contributed by atoms with Crippen LogP contribution >= 0.6 is 0 Å². The number of para-hydroxylation sites is 1. The van der Waals surface area contributed by atoms with Gasteiger partial charge < -0.3 is 5.32 Å². The average molecular weight is 325 g/mol. The number of carbonyl (C=O) groups is 1. The molecule has 0 bridgehead atoms. The van der Waals surface area contributed by atoms with Gasteiger partial charge >= 0.3 is 0 Å². The van der Waals surface area contributed by atoms with Crippen molar-refractivity contribution in [3.8, 4) is 5.69 Å².